The Morgan fingerprint density at radius 3 is 2.56 bits per heavy atom. The Kier molecular flexibility index (Phi) is 5.00. The van der Waals surface area contributed by atoms with Crippen molar-refractivity contribution in [2.24, 2.45) is 0 Å². The summed E-state index contributed by atoms with van der Waals surface area (Å²) < 4.78 is 5.25. The monoisotopic (exact) mass is 356 g/mol. The minimum Gasteiger partial charge on any atom is -0.497 e. The molecule has 0 radical (unpaired) electrons. The van der Waals surface area contributed by atoms with Crippen molar-refractivity contribution in [1.82, 2.24) is 9.88 Å². The minimum atomic E-state index is -0.195. The lowest BCUT2D eigenvalue weighted by Gasteiger charge is -2.28. The first kappa shape index (κ1) is 17.4. The summed E-state index contributed by atoms with van der Waals surface area (Å²) in [6, 6.07) is 13.4. The van der Waals surface area contributed by atoms with E-state index in [0.717, 1.165) is 39.9 Å². The number of nitrogens with zero attached hydrogens (tertiary/aromatic N) is 1. The quantitative estimate of drug-likeness (QED) is 0.650. The number of halogens is 1. The standard InChI is InChI=1S/C20H21ClN2O2/c1-4-23(12-24)20(14-5-8-16(25-3)9-6-14)19-13(2)17-11-15(21)7-10-18(17)22-19/h5-12,20,22H,4H2,1-3H3. The first-order valence-electron chi connectivity index (χ1n) is 8.21. The number of rotatable bonds is 6. The Balaban J connectivity index is 2.17. The molecule has 0 aliphatic carbocycles. The van der Waals surface area contributed by atoms with E-state index < -0.39 is 0 Å². The van der Waals surface area contributed by atoms with E-state index in [-0.39, 0.29) is 6.04 Å². The molecule has 1 N–H and O–H groups in total. The average molecular weight is 357 g/mol. The fraction of sp³-hybridized carbons (Fsp3) is 0.250. The van der Waals surface area contributed by atoms with Crippen LogP contribution in [0.3, 0.4) is 0 Å². The molecule has 2 aromatic carbocycles. The van der Waals surface area contributed by atoms with Crippen LogP contribution < -0.4 is 4.74 Å². The summed E-state index contributed by atoms with van der Waals surface area (Å²) in [5.74, 6) is 0.789. The molecular formula is C20H21ClN2O2. The highest BCUT2D eigenvalue weighted by Crippen LogP contribution is 2.34. The van der Waals surface area contributed by atoms with E-state index in [4.69, 9.17) is 16.3 Å². The summed E-state index contributed by atoms with van der Waals surface area (Å²) in [6.45, 7) is 4.63. The summed E-state index contributed by atoms with van der Waals surface area (Å²) >= 11 is 6.15. The molecule has 3 rings (SSSR count). The lowest BCUT2D eigenvalue weighted by atomic mass is 9.98. The van der Waals surface area contributed by atoms with E-state index in [9.17, 15) is 4.79 Å². The summed E-state index contributed by atoms with van der Waals surface area (Å²) in [5, 5.41) is 1.77. The van der Waals surface area contributed by atoms with Crippen LogP contribution in [0.2, 0.25) is 5.02 Å². The molecule has 4 nitrogen and oxygen atoms in total. The zero-order chi connectivity index (χ0) is 18.0. The molecule has 0 saturated carbocycles. The molecule has 130 valence electrons. The predicted molar refractivity (Wildman–Crippen MR) is 101 cm³/mol. The first-order chi connectivity index (χ1) is 12.1. The summed E-state index contributed by atoms with van der Waals surface area (Å²) in [4.78, 5) is 16.9. The molecule has 1 heterocycles. The summed E-state index contributed by atoms with van der Waals surface area (Å²) in [5.41, 5.74) is 4.13. The second-order valence-corrected chi connectivity index (χ2v) is 6.40. The maximum absolute atomic E-state index is 11.7. The number of methoxy groups -OCH3 is 1. The second kappa shape index (κ2) is 7.19. The van der Waals surface area contributed by atoms with Crippen molar-refractivity contribution < 1.29 is 9.53 Å². The Bertz CT molecular complexity index is 887. The molecule has 0 spiro atoms. The molecule has 3 aromatic rings. The molecule has 1 amide bonds. The van der Waals surface area contributed by atoms with Crippen molar-refractivity contribution in [2.45, 2.75) is 19.9 Å². The lowest BCUT2D eigenvalue weighted by molar-refractivity contribution is -0.119. The molecule has 1 unspecified atom stereocenters. The van der Waals surface area contributed by atoms with Gasteiger partial charge in [-0.2, -0.15) is 0 Å². The Morgan fingerprint density at radius 1 is 1.24 bits per heavy atom. The van der Waals surface area contributed by atoms with Crippen LogP contribution in [0.25, 0.3) is 10.9 Å². The maximum atomic E-state index is 11.7. The van der Waals surface area contributed by atoms with E-state index in [1.807, 2.05) is 49.4 Å². The third-order valence-electron chi connectivity index (χ3n) is 4.60. The fourth-order valence-corrected chi connectivity index (χ4v) is 3.39. The van der Waals surface area contributed by atoms with Gasteiger partial charge in [0.25, 0.3) is 0 Å². The third-order valence-corrected chi connectivity index (χ3v) is 4.83. The van der Waals surface area contributed by atoms with Gasteiger partial charge in [0.15, 0.2) is 0 Å². The first-order valence-corrected chi connectivity index (χ1v) is 8.59. The van der Waals surface area contributed by atoms with Crippen LogP contribution in [-0.2, 0) is 4.79 Å². The van der Waals surface area contributed by atoms with Crippen molar-refractivity contribution in [2.75, 3.05) is 13.7 Å². The number of nitrogens with one attached hydrogen (secondary N) is 1. The number of aromatic amines is 1. The second-order valence-electron chi connectivity index (χ2n) is 5.97. The molecule has 0 aliphatic heterocycles. The normalized spacial score (nSPS) is 12.2. The Labute approximate surface area is 152 Å². The smallest absolute Gasteiger partial charge is 0.210 e. The minimum absolute atomic E-state index is 0.195. The van der Waals surface area contributed by atoms with E-state index in [1.165, 1.54) is 0 Å². The van der Waals surface area contributed by atoms with Crippen LogP contribution in [-0.4, -0.2) is 29.9 Å². The SMILES string of the molecule is CCN(C=O)C(c1ccc(OC)cc1)c1[nH]c2ccc(Cl)cc2c1C. The number of benzene rings is 2. The highest BCUT2D eigenvalue weighted by atomic mass is 35.5. The van der Waals surface area contributed by atoms with Crippen LogP contribution in [0.4, 0.5) is 0 Å². The highest BCUT2D eigenvalue weighted by Gasteiger charge is 2.24. The zero-order valence-corrected chi connectivity index (χ0v) is 15.3. The average Bonchev–Trinajstić information content (AvgIpc) is 2.95. The third kappa shape index (κ3) is 3.22. The number of amides is 1. The van der Waals surface area contributed by atoms with Gasteiger partial charge in [0.05, 0.1) is 13.2 Å². The van der Waals surface area contributed by atoms with Crippen molar-refractivity contribution in [3.05, 3.63) is 64.3 Å². The van der Waals surface area contributed by atoms with Gasteiger partial charge in [0, 0.05) is 28.2 Å². The van der Waals surface area contributed by atoms with E-state index >= 15 is 0 Å². The van der Waals surface area contributed by atoms with Crippen molar-refractivity contribution >= 4 is 28.9 Å². The van der Waals surface area contributed by atoms with Gasteiger partial charge < -0.3 is 14.6 Å². The number of aryl methyl sites for hydroxylation is 1. The molecule has 1 aromatic heterocycles. The number of fused-ring (bicyclic) bond motifs is 1. The summed E-state index contributed by atoms with van der Waals surface area (Å²) in [6.07, 6.45) is 0.896. The topological polar surface area (TPSA) is 45.3 Å². The number of H-pyrrole nitrogens is 1. The molecule has 0 bridgehead atoms. The van der Waals surface area contributed by atoms with Crippen LogP contribution in [0.1, 0.15) is 29.8 Å². The number of aromatic nitrogens is 1. The molecule has 0 fully saturated rings. The van der Waals surface area contributed by atoms with Gasteiger partial charge in [-0.15, -0.1) is 0 Å². The molecule has 25 heavy (non-hydrogen) atoms. The lowest BCUT2D eigenvalue weighted by Crippen LogP contribution is -2.28. The van der Waals surface area contributed by atoms with Gasteiger partial charge in [-0.05, 0) is 55.3 Å². The van der Waals surface area contributed by atoms with Gasteiger partial charge in [0.1, 0.15) is 5.75 Å². The van der Waals surface area contributed by atoms with Gasteiger partial charge in [-0.25, -0.2) is 0 Å². The summed E-state index contributed by atoms with van der Waals surface area (Å²) in [7, 11) is 1.64. The number of carbonyl (C=O) groups is 1. The van der Waals surface area contributed by atoms with E-state index in [1.54, 1.807) is 12.0 Å². The van der Waals surface area contributed by atoms with Crippen molar-refractivity contribution in [1.29, 1.82) is 0 Å². The van der Waals surface area contributed by atoms with Crippen LogP contribution in [0, 0.1) is 6.92 Å². The molecule has 0 aliphatic rings. The number of hydrogen-bond donors (Lipinski definition) is 1. The molecule has 5 heteroatoms. The van der Waals surface area contributed by atoms with Gasteiger partial charge >= 0.3 is 0 Å². The van der Waals surface area contributed by atoms with Gasteiger partial charge in [0.2, 0.25) is 6.41 Å². The van der Waals surface area contributed by atoms with E-state index in [0.29, 0.717) is 11.6 Å². The van der Waals surface area contributed by atoms with E-state index in [2.05, 4.69) is 11.9 Å². The van der Waals surface area contributed by atoms with Gasteiger partial charge in [-0.1, -0.05) is 23.7 Å². The Hall–Kier alpha value is -2.46. The van der Waals surface area contributed by atoms with Crippen molar-refractivity contribution in [3.63, 3.8) is 0 Å². The maximum Gasteiger partial charge on any atom is 0.210 e. The zero-order valence-electron chi connectivity index (χ0n) is 14.5. The van der Waals surface area contributed by atoms with Gasteiger partial charge in [-0.3, -0.25) is 4.79 Å². The molecule has 1 atom stereocenters. The number of carbonyl (C=O) groups excluding carboxylic acids is 1. The number of ether oxygens (including phenoxy) is 1. The van der Waals surface area contributed by atoms with Crippen LogP contribution in [0.5, 0.6) is 5.75 Å². The number of hydrogen-bond acceptors (Lipinski definition) is 2. The Morgan fingerprint density at radius 2 is 1.96 bits per heavy atom. The highest BCUT2D eigenvalue weighted by molar-refractivity contribution is 6.31. The fourth-order valence-electron chi connectivity index (χ4n) is 3.22. The molecule has 0 saturated heterocycles. The van der Waals surface area contributed by atoms with Crippen LogP contribution >= 0.6 is 11.6 Å². The molecular weight excluding hydrogens is 336 g/mol. The van der Waals surface area contributed by atoms with Crippen molar-refractivity contribution in [3.8, 4) is 5.75 Å². The predicted octanol–water partition coefficient (Wildman–Crippen LogP) is 4.71. The van der Waals surface area contributed by atoms with Crippen LogP contribution in [0.15, 0.2) is 42.5 Å². The largest absolute Gasteiger partial charge is 0.497 e.